The van der Waals surface area contributed by atoms with E-state index < -0.39 is 18.1 Å². The van der Waals surface area contributed by atoms with E-state index in [1.807, 2.05) is 19.1 Å². The van der Waals surface area contributed by atoms with Gasteiger partial charge in [0.25, 0.3) is 5.91 Å². The number of amides is 1. The minimum absolute atomic E-state index is 0.376. The van der Waals surface area contributed by atoms with E-state index in [2.05, 4.69) is 10.1 Å². The average molecular weight is 313 g/mol. The van der Waals surface area contributed by atoms with E-state index in [4.69, 9.17) is 0 Å². The van der Waals surface area contributed by atoms with Gasteiger partial charge in [0.05, 0.1) is 13.2 Å². The molecular weight excluding hydrogens is 294 g/mol. The fraction of sp³-hybridized carbons (Fsp3) is 0.222. The molecule has 0 spiro atoms. The molecule has 0 bridgehead atoms. The van der Waals surface area contributed by atoms with Crippen molar-refractivity contribution < 1.29 is 19.4 Å². The summed E-state index contributed by atoms with van der Waals surface area (Å²) in [7, 11) is 1.19. The first kappa shape index (κ1) is 16.7. The van der Waals surface area contributed by atoms with E-state index in [0.717, 1.165) is 5.56 Å². The summed E-state index contributed by atoms with van der Waals surface area (Å²) in [6.07, 6.45) is -1.49. The van der Waals surface area contributed by atoms with Gasteiger partial charge in [-0.3, -0.25) is 4.79 Å². The Labute approximate surface area is 134 Å². The van der Waals surface area contributed by atoms with Crippen LogP contribution < -0.4 is 5.32 Å². The fourth-order valence-corrected chi connectivity index (χ4v) is 2.19. The molecule has 2 aromatic carbocycles. The SMILES string of the molecule is COC(=O)[C@H](O)[C@@H](NC(=O)c1ccccc1)c1ccc(C)cc1. The molecule has 0 unspecified atom stereocenters. The summed E-state index contributed by atoms with van der Waals surface area (Å²) in [5.41, 5.74) is 2.11. The molecular formula is C18H19NO4. The van der Waals surface area contributed by atoms with Gasteiger partial charge in [-0.05, 0) is 24.6 Å². The molecule has 23 heavy (non-hydrogen) atoms. The Morgan fingerprint density at radius 1 is 1.04 bits per heavy atom. The standard InChI is InChI=1S/C18H19NO4/c1-12-8-10-13(11-9-12)15(16(20)18(22)23-2)19-17(21)14-6-4-3-5-7-14/h3-11,15-16,20H,1-2H3,(H,19,21)/t15-,16+/m0/s1. The number of aryl methyl sites for hydroxylation is 1. The Hall–Kier alpha value is -2.66. The van der Waals surface area contributed by atoms with Gasteiger partial charge in [-0.25, -0.2) is 4.79 Å². The zero-order chi connectivity index (χ0) is 16.8. The van der Waals surface area contributed by atoms with Crippen molar-refractivity contribution in [2.45, 2.75) is 19.1 Å². The van der Waals surface area contributed by atoms with Crippen LogP contribution in [0, 0.1) is 6.92 Å². The van der Waals surface area contributed by atoms with Crippen molar-refractivity contribution >= 4 is 11.9 Å². The van der Waals surface area contributed by atoms with E-state index >= 15 is 0 Å². The molecule has 2 aromatic rings. The summed E-state index contributed by atoms with van der Waals surface area (Å²) in [6.45, 7) is 1.93. The molecule has 0 heterocycles. The van der Waals surface area contributed by atoms with Crippen LogP contribution in [0.5, 0.6) is 0 Å². The van der Waals surface area contributed by atoms with Crippen LogP contribution in [-0.4, -0.2) is 30.2 Å². The summed E-state index contributed by atoms with van der Waals surface area (Å²) in [5, 5.41) is 12.9. The summed E-state index contributed by atoms with van der Waals surface area (Å²) in [6, 6.07) is 14.9. The lowest BCUT2D eigenvalue weighted by Crippen LogP contribution is -2.40. The van der Waals surface area contributed by atoms with E-state index in [0.29, 0.717) is 11.1 Å². The third-order valence-corrected chi connectivity index (χ3v) is 3.52. The molecule has 5 heteroatoms. The number of methoxy groups -OCH3 is 1. The highest BCUT2D eigenvalue weighted by Crippen LogP contribution is 2.19. The van der Waals surface area contributed by atoms with Crippen molar-refractivity contribution in [3.05, 3.63) is 71.3 Å². The highest BCUT2D eigenvalue weighted by Gasteiger charge is 2.30. The Kier molecular flexibility index (Phi) is 5.49. The predicted octanol–water partition coefficient (Wildman–Crippen LogP) is 2.00. The van der Waals surface area contributed by atoms with Crippen LogP contribution >= 0.6 is 0 Å². The Balaban J connectivity index is 2.28. The first-order chi connectivity index (χ1) is 11.0. The molecule has 0 aliphatic rings. The largest absolute Gasteiger partial charge is 0.467 e. The van der Waals surface area contributed by atoms with Gasteiger partial charge in [0.15, 0.2) is 6.10 Å². The lowest BCUT2D eigenvalue weighted by molar-refractivity contribution is -0.151. The van der Waals surface area contributed by atoms with Crippen LogP contribution in [0.2, 0.25) is 0 Å². The zero-order valence-corrected chi connectivity index (χ0v) is 13.0. The topological polar surface area (TPSA) is 75.6 Å². The number of esters is 1. The molecule has 2 atom stereocenters. The number of aliphatic hydroxyl groups excluding tert-OH is 1. The molecule has 0 aliphatic heterocycles. The molecule has 0 fully saturated rings. The van der Waals surface area contributed by atoms with Crippen molar-refractivity contribution in [3.8, 4) is 0 Å². The minimum atomic E-state index is -1.49. The highest BCUT2D eigenvalue weighted by molar-refractivity contribution is 5.94. The van der Waals surface area contributed by atoms with Gasteiger partial charge < -0.3 is 15.2 Å². The Morgan fingerprint density at radius 2 is 1.65 bits per heavy atom. The highest BCUT2D eigenvalue weighted by atomic mass is 16.5. The van der Waals surface area contributed by atoms with Crippen molar-refractivity contribution in [2.75, 3.05) is 7.11 Å². The van der Waals surface area contributed by atoms with Gasteiger partial charge in [-0.15, -0.1) is 0 Å². The van der Waals surface area contributed by atoms with Gasteiger partial charge in [0.1, 0.15) is 0 Å². The number of aliphatic hydroxyl groups is 1. The van der Waals surface area contributed by atoms with Crippen LogP contribution in [-0.2, 0) is 9.53 Å². The van der Waals surface area contributed by atoms with Gasteiger partial charge >= 0.3 is 5.97 Å². The number of benzene rings is 2. The van der Waals surface area contributed by atoms with E-state index in [1.165, 1.54) is 7.11 Å². The summed E-state index contributed by atoms with van der Waals surface area (Å²) >= 11 is 0. The lowest BCUT2D eigenvalue weighted by atomic mass is 9.99. The zero-order valence-electron chi connectivity index (χ0n) is 13.0. The number of nitrogens with one attached hydrogen (secondary N) is 1. The monoisotopic (exact) mass is 313 g/mol. The van der Waals surface area contributed by atoms with Crippen molar-refractivity contribution in [2.24, 2.45) is 0 Å². The van der Waals surface area contributed by atoms with Crippen LogP contribution in [0.3, 0.4) is 0 Å². The molecule has 0 saturated carbocycles. The number of carbonyl (C=O) groups is 2. The van der Waals surface area contributed by atoms with Crippen molar-refractivity contribution in [1.82, 2.24) is 5.32 Å². The maximum atomic E-state index is 12.3. The van der Waals surface area contributed by atoms with Crippen LogP contribution in [0.1, 0.15) is 27.5 Å². The predicted molar refractivity (Wildman–Crippen MR) is 85.9 cm³/mol. The normalized spacial score (nSPS) is 13.0. The summed E-state index contributed by atoms with van der Waals surface area (Å²) in [4.78, 5) is 24.0. The third kappa shape index (κ3) is 4.17. The number of rotatable bonds is 5. The third-order valence-electron chi connectivity index (χ3n) is 3.52. The van der Waals surface area contributed by atoms with Crippen molar-refractivity contribution in [3.63, 3.8) is 0 Å². The van der Waals surface area contributed by atoms with Crippen molar-refractivity contribution in [1.29, 1.82) is 0 Å². The van der Waals surface area contributed by atoms with Gasteiger partial charge in [0, 0.05) is 5.56 Å². The maximum absolute atomic E-state index is 12.3. The summed E-state index contributed by atoms with van der Waals surface area (Å²) in [5.74, 6) is -1.18. The number of hydrogen-bond acceptors (Lipinski definition) is 4. The molecule has 0 radical (unpaired) electrons. The molecule has 5 nitrogen and oxygen atoms in total. The number of carbonyl (C=O) groups excluding carboxylic acids is 2. The Morgan fingerprint density at radius 3 is 2.22 bits per heavy atom. The number of ether oxygens (including phenoxy) is 1. The first-order valence-electron chi connectivity index (χ1n) is 7.21. The second kappa shape index (κ2) is 7.56. The smallest absolute Gasteiger partial charge is 0.337 e. The maximum Gasteiger partial charge on any atom is 0.337 e. The second-order valence-corrected chi connectivity index (χ2v) is 5.20. The molecule has 1 amide bonds. The van der Waals surface area contributed by atoms with Crippen LogP contribution in [0.4, 0.5) is 0 Å². The van der Waals surface area contributed by atoms with Crippen LogP contribution in [0.15, 0.2) is 54.6 Å². The van der Waals surface area contributed by atoms with Gasteiger partial charge in [0.2, 0.25) is 0 Å². The molecule has 2 rings (SSSR count). The Bertz CT molecular complexity index is 667. The number of hydrogen-bond donors (Lipinski definition) is 2. The van der Waals surface area contributed by atoms with Crippen LogP contribution in [0.25, 0.3) is 0 Å². The minimum Gasteiger partial charge on any atom is -0.467 e. The fourth-order valence-electron chi connectivity index (χ4n) is 2.19. The second-order valence-electron chi connectivity index (χ2n) is 5.20. The van der Waals surface area contributed by atoms with E-state index in [9.17, 15) is 14.7 Å². The molecule has 0 saturated heterocycles. The molecule has 0 aromatic heterocycles. The summed E-state index contributed by atoms with van der Waals surface area (Å²) < 4.78 is 4.59. The lowest BCUT2D eigenvalue weighted by Gasteiger charge is -2.23. The quantitative estimate of drug-likeness (QED) is 0.828. The average Bonchev–Trinajstić information content (AvgIpc) is 2.59. The molecule has 2 N–H and O–H groups in total. The first-order valence-corrected chi connectivity index (χ1v) is 7.21. The molecule has 120 valence electrons. The molecule has 0 aliphatic carbocycles. The van der Waals surface area contributed by atoms with E-state index in [1.54, 1.807) is 42.5 Å². The van der Waals surface area contributed by atoms with E-state index in [-0.39, 0.29) is 5.91 Å². The van der Waals surface area contributed by atoms with Gasteiger partial charge in [-0.1, -0.05) is 48.0 Å². The van der Waals surface area contributed by atoms with Gasteiger partial charge in [-0.2, -0.15) is 0 Å².